The molecule has 0 aliphatic rings. The van der Waals surface area contributed by atoms with Gasteiger partial charge >= 0.3 is 0 Å². The summed E-state index contributed by atoms with van der Waals surface area (Å²) in [7, 11) is 0. The van der Waals surface area contributed by atoms with Crippen molar-refractivity contribution >= 4 is 22.5 Å². The predicted octanol–water partition coefficient (Wildman–Crippen LogP) is 3.67. The molecular formula is C17H23NOS. The van der Waals surface area contributed by atoms with Crippen LogP contribution in [0.1, 0.15) is 19.8 Å². The highest BCUT2D eigenvalue weighted by Gasteiger charge is 2.16. The van der Waals surface area contributed by atoms with Crippen molar-refractivity contribution in [2.24, 2.45) is 11.7 Å². The molecule has 0 aliphatic carbocycles. The van der Waals surface area contributed by atoms with E-state index in [2.05, 4.69) is 49.4 Å². The predicted molar refractivity (Wildman–Crippen MR) is 88.1 cm³/mol. The van der Waals surface area contributed by atoms with Gasteiger partial charge in [-0.05, 0) is 29.3 Å². The third-order valence-corrected chi connectivity index (χ3v) is 4.83. The molecule has 20 heavy (non-hydrogen) atoms. The number of hydrogen-bond acceptors (Lipinski definition) is 3. The van der Waals surface area contributed by atoms with Crippen molar-refractivity contribution < 1.29 is 5.11 Å². The molecule has 0 radical (unpaired) electrons. The van der Waals surface area contributed by atoms with E-state index in [1.165, 1.54) is 15.7 Å². The lowest BCUT2D eigenvalue weighted by molar-refractivity contribution is 0.215. The Bertz CT molecular complexity index is 543. The van der Waals surface area contributed by atoms with E-state index in [0.717, 1.165) is 18.6 Å². The number of aliphatic hydroxyl groups is 1. The fourth-order valence-corrected chi connectivity index (χ4v) is 3.47. The van der Waals surface area contributed by atoms with E-state index in [1.807, 2.05) is 0 Å². The maximum Gasteiger partial charge on any atom is 0.0482 e. The molecule has 0 bridgehead atoms. The molecule has 3 heteroatoms. The fraction of sp³-hybridized carbons (Fsp3) is 0.412. The van der Waals surface area contributed by atoms with E-state index in [4.69, 9.17) is 5.73 Å². The minimum Gasteiger partial charge on any atom is -0.396 e. The Kier molecular flexibility index (Phi) is 5.89. The standard InChI is InChI=1S/C17H23NOS/c1-2-5-17(18)15(11-19)12-20-16-9-8-13-6-3-4-7-14(13)10-16/h3-4,6-10,15,17,19H,2,5,11-12,18H2,1H3. The first-order valence-electron chi connectivity index (χ1n) is 7.22. The van der Waals surface area contributed by atoms with Crippen LogP contribution in [-0.4, -0.2) is 23.5 Å². The van der Waals surface area contributed by atoms with Crippen LogP contribution < -0.4 is 5.73 Å². The summed E-state index contributed by atoms with van der Waals surface area (Å²) in [6.45, 7) is 2.30. The van der Waals surface area contributed by atoms with Crippen molar-refractivity contribution in [3.8, 4) is 0 Å². The molecule has 2 atom stereocenters. The second-order valence-corrected chi connectivity index (χ2v) is 6.31. The summed E-state index contributed by atoms with van der Waals surface area (Å²) >= 11 is 1.78. The van der Waals surface area contributed by atoms with Crippen LogP contribution in [0.5, 0.6) is 0 Å². The van der Waals surface area contributed by atoms with Gasteiger partial charge in [-0.25, -0.2) is 0 Å². The number of hydrogen-bond donors (Lipinski definition) is 2. The first-order chi connectivity index (χ1) is 9.74. The molecule has 0 amide bonds. The molecule has 2 aromatic rings. The van der Waals surface area contributed by atoms with Gasteiger partial charge in [-0.15, -0.1) is 11.8 Å². The Morgan fingerprint density at radius 2 is 1.90 bits per heavy atom. The maximum absolute atomic E-state index is 9.48. The fourth-order valence-electron chi connectivity index (χ4n) is 2.34. The highest BCUT2D eigenvalue weighted by molar-refractivity contribution is 7.99. The van der Waals surface area contributed by atoms with E-state index in [0.29, 0.717) is 0 Å². The SMILES string of the molecule is CCCC(N)C(CO)CSc1ccc2ccccc2c1. The van der Waals surface area contributed by atoms with Crippen molar-refractivity contribution in [2.45, 2.75) is 30.7 Å². The molecule has 0 saturated carbocycles. The van der Waals surface area contributed by atoms with Gasteiger partial charge in [0.2, 0.25) is 0 Å². The minimum atomic E-state index is 0.0953. The molecule has 0 aliphatic heterocycles. The molecule has 2 unspecified atom stereocenters. The molecule has 108 valence electrons. The second-order valence-electron chi connectivity index (χ2n) is 5.22. The number of benzene rings is 2. The van der Waals surface area contributed by atoms with Crippen LogP contribution in [0.2, 0.25) is 0 Å². The number of fused-ring (bicyclic) bond motifs is 1. The highest BCUT2D eigenvalue weighted by atomic mass is 32.2. The quantitative estimate of drug-likeness (QED) is 0.765. The lowest BCUT2D eigenvalue weighted by Crippen LogP contribution is -2.33. The molecule has 0 spiro atoms. The van der Waals surface area contributed by atoms with Crippen LogP contribution in [0, 0.1) is 5.92 Å². The number of nitrogens with two attached hydrogens (primary N) is 1. The molecule has 2 rings (SSSR count). The average Bonchev–Trinajstić information content (AvgIpc) is 2.48. The summed E-state index contributed by atoms with van der Waals surface area (Å²) < 4.78 is 0. The van der Waals surface area contributed by atoms with Gasteiger partial charge in [-0.3, -0.25) is 0 Å². The van der Waals surface area contributed by atoms with Crippen LogP contribution in [0.15, 0.2) is 47.4 Å². The molecule has 0 aromatic heterocycles. The average molecular weight is 289 g/mol. The maximum atomic E-state index is 9.48. The van der Waals surface area contributed by atoms with E-state index in [9.17, 15) is 5.11 Å². The third-order valence-electron chi connectivity index (χ3n) is 3.65. The summed E-state index contributed by atoms with van der Waals surface area (Å²) in [6, 6.07) is 15.0. The zero-order chi connectivity index (χ0) is 14.4. The van der Waals surface area contributed by atoms with Gasteiger partial charge in [0.25, 0.3) is 0 Å². The molecule has 2 nitrogen and oxygen atoms in total. The second kappa shape index (κ2) is 7.67. The molecule has 0 heterocycles. The Morgan fingerprint density at radius 3 is 2.60 bits per heavy atom. The van der Waals surface area contributed by atoms with Crippen LogP contribution in [0.25, 0.3) is 10.8 Å². The first-order valence-corrected chi connectivity index (χ1v) is 8.21. The summed E-state index contributed by atoms with van der Waals surface area (Å²) in [5.74, 6) is 1.04. The number of rotatable bonds is 7. The molecule has 0 saturated heterocycles. The van der Waals surface area contributed by atoms with E-state index < -0.39 is 0 Å². The molecule has 0 fully saturated rings. The van der Waals surface area contributed by atoms with E-state index in [-0.39, 0.29) is 18.6 Å². The van der Waals surface area contributed by atoms with E-state index in [1.54, 1.807) is 11.8 Å². The normalized spacial score (nSPS) is 14.3. The summed E-state index contributed by atoms with van der Waals surface area (Å²) in [5.41, 5.74) is 6.12. The van der Waals surface area contributed by atoms with Gasteiger partial charge in [-0.1, -0.05) is 43.7 Å². The van der Waals surface area contributed by atoms with Gasteiger partial charge in [-0.2, -0.15) is 0 Å². The van der Waals surface area contributed by atoms with Crippen molar-refractivity contribution in [3.63, 3.8) is 0 Å². The van der Waals surface area contributed by atoms with Gasteiger partial charge in [0.15, 0.2) is 0 Å². The monoisotopic (exact) mass is 289 g/mol. The highest BCUT2D eigenvalue weighted by Crippen LogP contribution is 2.26. The van der Waals surface area contributed by atoms with Crippen LogP contribution in [0.3, 0.4) is 0 Å². The van der Waals surface area contributed by atoms with Crippen molar-refractivity contribution in [3.05, 3.63) is 42.5 Å². The Balaban J connectivity index is 2.00. The lowest BCUT2D eigenvalue weighted by Gasteiger charge is -2.21. The van der Waals surface area contributed by atoms with Gasteiger partial charge < -0.3 is 10.8 Å². The Labute approximate surface area is 125 Å². The molecular weight excluding hydrogens is 266 g/mol. The smallest absolute Gasteiger partial charge is 0.0482 e. The number of thioether (sulfide) groups is 1. The van der Waals surface area contributed by atoms with Gasteiger partial charge in [0.05, 0.1) is 0 Å². The third kappa shape index (κ3) is 3.98. The zero-order valence-electron chi connectivity index (χ0n) is 12.0. The summed E-state index contributed by atoms with van der Waals surface area (Å²) in [6.07, 6.45) is 2.04. The topological polar surface area (TPSA) is 46.2 Å². The zero-order valence-corrected chi connectivity index (χ0v) is 12.8. The first kappa shape index (κ1) is 15.4. The number of aliphatic hydroxyl groups excluding tert-OH is 1. The largest absolute Gasteiger partial charge is 0.396 e. The summed E-state index contributed by atoms with van der Waals surface area (Å²) in [5, 5.41) is 12.0. The van der Waals surface area contributed by atoms with Crippen molar-refractivity contribution in [1.82, 2.24) is 0 Å². The van der Waals surface area contributed by atoms with Crippen molar-refractivity contribution in [1.29, 1.82) is 0 Å². The van der Waals surface area contributed by atoms with Crippen LogP contribution in [0.4, 0.5) is 0 Å². The van der Waals surface area contributed by atoms with E-state index >= 15 is 0 Å². The van der Waals surface area contributed by atoms with Crippen molar-refractivity contribution in [2.75, 3.05) is 12.4 Å². The van der Waals surface area contributed by atoms with Crippen LogP contribution >= 0.6 is 11.8 Å². The molecule has 3 N–H and O–H groups in total. The Hall–Kier alpha value is -1.03. The Morgan fingerprint density at radius 1 is 1.15 bits per heavy atom. The van der Waals surface area contributed by atoms with Crippen LogP contribution in [-0.2, 0) is 0 Å². The summed E-state index contributed by atoms with van der Waals surface area (Å²) in [4.78, 5) is 1.24. The van der Waals surface area contributed by atoms with Gasteiger partial charge in [0, 0.05) is 29.2 Å². The minimum absolute atomic E-state index is 0.0953. The lowest BCUT2D eigenvalue weighted by atomic mass is 10.00. The molecule has 2 aromatic carbocycles. The van der Waals surface area contributed by atoms with Gasteiger partial charge in [0.1, 0.15) is 0 Å².